The molecule has 0 spiro atoms. The average Bonchev–Trinajstić information content (AvgIpc) is 3.21. The van der Waals surface area contributed by atoms with E-state index in [-0.39, 0.29) is 5.75 Å². The molecule has 1 saturated carbocycles. The van der Waals surface area contributed by atoms with Gasteiger partial charge in [0, 0.05) is 5.56 Å². The Bertz CT molecular complexity index is 586. The first-order chi connectivity index (χ1) is 9.26. The highest BCUT2D eigenvalue weighted by Gasteiger charge is 2.33. The predicted octanol–water partition coefficient (Wildman–Crippen LogP) is 3.79. The molecule has 1 N–H and O–H groups in total. The Hall–Kier alpha value is -1.03. The monoisotopic (exact) mass is 296 g/mol. The van der Waals surface area contributed by atoms with Crippen molar-refractivity contribution >= 4 is 9.84 Å². The van der Waals surface area contributed by atoms with Gasteiger partial charge in [0.25, 0.3) is 0 Å². The normalized spacial score (nSPS) is 19.1. The van der Waals surface area contributed by atoms with Crippen LogP contribution in [0.15, 0.2) is 18.2 Å². The van der Waals surface area contributed by atoms with Crippen LogP contribution in [0.25, 0.3) is 0 Å². The van der Waals surface area contributed by atoms with Crippen LogP contribution in [-0.2, 0) is 9.84 Å². The Morgan fingerprint density at radius 1 is 1.10 bits per heavy atom. The number of sulfone groups is 1. The van der Waals surface area contributed by atoms with E-state index < -0.39 is 20.3 Å². The molecule has 1 aliphatic carbocycles. The topological polar surface area (TPSA) is 54.4 Å². The van der Waals surface area contributed by atoms with E-state index in [0.29, 0.717) is 17.4 Å². The van der Waals surface area contributed by atoms with Crippen LogP contribution in [0.4, 0.5) is 0 Å². The molecule has 0 bridgehead atoms. The van der Waals surface area contributed by atoms with Crippen molar-refractivity contribution < 1.29 is 13.5 Å². The number of aromatic hydroxyl groups is 1. The van der Waals surface area contributed by atoms with Crippen molar-refractivity contribution in [3.8, 4) is 5.75 Å². The third kappa shape index (κ3) is 2.71. The molecule has 0 amide bonds. The standard InChI is InChI=1S/C16H24O3S/c1-10(2)20(18,19)12(4)15-7-5-6-14(16(15)17)11(3)13-8-9-13/h5-7,10-13,17H,8-9H2,1-4H3/t11-,12+/m0/s1. The summed E-state index contributed by atoms with van der Waals surface area (Å²) in [6, 6.07) is 5.50. The zero-order valence-corrected chi connectivity index (χ0v) is 13.4. The van der Waals surface area contributed by atoms with Crippen LogP contribution in [0.5, 0.6) is 5.75 Å². The lowest BCUT2D eigenvalue weighted by Gasteiger charge is -2.20. The van der Waals surface area contributed by atoms with Crippen molar-refractivity contribution in [1.29, 1.82) is 0 Å². The van der Waals surface area contributed by atoms with Crippen molar-refractivity contribution in [2.75, 3.05) is 0 Å². The summed E-state index contributed by atoms with van der Waals surface area (Å²) < 4.78 is 24.6. The molecule has 20 heavy (non-hydrogen) atoms. The second-order valence-electron chi connectivity index (χ2n) is 6.19. The SMILES string of the molecule is CC(C)S(=O)(=O)[C@H](C)c1cccc([C@@H](C)C2CC2)c1O. The van der Waals surface area contributed by atoms with Crippen LogP contribution in [0.3, 0.4) is 0 Å². The molecule has 0 aliphatic heterocycles. The van der Waals surface area contributed by atoms with E-state index in [1.807, 2.05) is 12.1 Å². The number of para-hydroxylation sites is 1. The second-order valence-corrected chi connectivity index (χ2v) is 9.02. The maximum Gasteiger partial charge on any atom is 0.159 e. The van der Waals surface area contributed by atoms with Gasteiger partial charge in [-0.15, -0.1) is 0 Å². The number of benzene rings is 1. The molecule has 4 heteroatoms. The molecule has 1 aromatic rings. The molecule has 2 atom stereocenters. The van der Waals surface area contributed by atoms with Gasteiger partial charge in [0.15, 0.2) is 9.84 Å². The van der Waals surface area contributed by atoms with Crippen molar-refractivity contribution in [1.82, 2.24) is 0 Å². The van der Waals surface area contributed by atoms with Gasteiger partial charge in [0.2, 0.25) is 0 Å². The summed E-state index contributed by atoms with van der Waals surface area (Å²) in [4.78, 5) is 0. The zero-order chi connectivity index (χ0) is 15.1. The van der Waals surface area contributed by atoms with Crippen LogP contribution < -0.4 is 0 Å². The number of hydrogen-bond donors (Lipinski definition) is 1. The van der Waals surface area contributed by atoms with Gasteiger partial charge < -0.3 is 5.11 Å². The highest BCUT2D eigenvalue weighted by molar-refractivity contribution is 7.92. The maximum atomic E-state index is 12.3. The second kappa shape index (κ2) is 5.40. The molecule has 2 rings (SSSR count). The minimum absolute atomic E-state index is 0.170. The van der Waals surface area contributed by atoms with Gasteiger partial charge in [-0.3, -0.25) is 0 Å². The summed E-state index contributed by atoms with van der Waals surface area (Å²) in [6.45, 7) is 7.13. The minimum Gasteiger partial charge on any atom is -0.507 e. The maximum absolute atomic E-state index is 12.3. The Labute approximate surface area is 121 Å². The van der Waals surface area contributed by atoms with Crippen LogP contribution in [0.1, 0.15) is 62.8 Å². The number of hydrogen-bond acceptors (Lipinski definition) is 3. The number of phenolic OH excluding ortho intramolecular Hbond substituents is 1. The Morgan fingerprint density at radius 2 is 1.65 bits per heavy atom. The number of phenols is 1. The summed E-state index contributed by atoms with van der Waals surface area (Å²) in [5.41, 5.74) is 1.42. The van der Waals surface area contributed by atoms with Crippen LogP contribution in [0.2, 0.25) is 0 Å². The smallest absolute Gasteiger partial charge is 0.159 e. The van der Waals surface area contributed by atoms with E-state index in [1.54, 1.807) is 26.8 Å². The summed E-state index contributed by atoms with van der Waals surface area (Å²) in [5, 5.41) is 9.37. The molecule has 3 nitrogen and oxygen atoms in total. The highest BCUT2D eigenvalue weighted by atomic mass is 32.2. The van der Waals surface area contributed by atoms with E-state index in [1.165, 1.54) is 12.8 Å². The molecular weight excluding hydrogens is 272 g/mol. The predicted molar refractivity (Wildman–Crippen MR) is 81.7 cm³/mol. The van der Waals surface area contributed by atoms with Gasteiger partial charge in [-0.2, -0.15) is 0 Å². The fourth-order valence-corrected chi connectivity index (χ4v) is 4.07. The largest absolute Gasteiger partial charge is 0.507 e. The lowest BCUT2D eigenvalue weighted by molar-refractivity contribution is 0.450. The molecule has 0 heterocycles. The van der Waals surface area contributed by atoms with Crippen molar-refractivity contribution in [3.05, 3.63) is 29.3 Å². The molecule has 1 aromatic carbocycles. The summed E-state index contributed by atoms with van der Waals surface area (Å²) in [5.74, 6) is 1.10. The lowest BCUT2D eigenvalue weighted by atomic mass is 9.93. The van der Waals surface area contributed by atoms with E-state index in [0.717, 1.165) is 5.56 Å². The first-order valence-corrected chi connectivity index (χ1v) is 8.92. The Morgan fingerprint density at radius 3 is 2.15 bits per heavy atom. The summed E-state index contributed by atoms with van der Waals surface area (Å²) in [6.07, 6.45) is 2.40. The van der Waals surface area contributed by atoms with Crippen LogP contribution >= 0.6 is 0 Å². The first-order valence-electron chi connectivity index (χ1n) is 7.31. The van der Waals surface area contributed by atoms with Crippen molar-refractivity contribution in [2.45, 2.75) is 57.0 Å². The Balaban J connectivity index is 2.40. The highest BCUT2D eigenvalue weighted by Crippen LogP contribution is 2.46. The van der Waals surface area contributed by atoms with Crippen LogP contribution in [-0.4, -0.2) is 18.8 Å². The molecule has 0 aromatic heterocycles. The van der Waals surface area contributed by atoms with Gasteiger partial charge in [-0.25, -0.2) is 8.42 Å². The summed E-state index contributed by atoms with van der Waals surface area (Å²) >= 11 is 0. The van der Waals surface area contributed by atoms with Gasteiger partial charge in [-0.1, -0.05) is 25.1 Å². The fraction of sp³-hybridized carbons (Fsp3) is 0.625. The molecule has 112 valence electrons. The van der Waals surface area contributed by atoms with E-state index in [9.17, 15) is 13.5 Å². The van der Waals surface area contributed by atoms with Gasteiger partial charge >= 0.3 is 0 Å². The minimum atomic E-state index is -3.26. The molecule has 0 radical (unpaired) electrons. The fourth-order valence-electron chi connectivity index (χ4n) is 2.71. The van der Waals surface area contributed by atoms with Gasteiger partial charge in [0.05, 0.1) is 10.5 Å². The van der Waals surface area contributed by atoms with Crippen molar-refractivity contribution in [3.63, 3.8) is 0 Å². The molecule has 0 unspecified atom stereocenters. The van der Waals surface area contributed by atoms with Crippen LogP contribution in [0, 0.1) is 5.92 Å². The zero-order valence-electron chi connectivity index (χ0n) is 12.6. The van der Waals surface area contributed by atoms with Crippen molar-refractivity contribution in [2.24, 2.45) is 5.92 Å². The summed E-state index contributed by atoms with van der Waals surface area (Å²) in [7, 11) is -3.26. The van der Waals surface area contributed by atoms with Gasteiger partial charge in [0.1, 0.15) is 5.75 Å². The Kier molecular flexibility index (Phi) is 4.14. The quantitative estimate of drug-likeness (QED) is 0.899. The number of rotatable bonds is 5. The average molecular weight is 296 g/mol. The molecular formula is C16H24O3S. The third-order valence-electron chi connectivity index (χ3n) is 4.51. The van der Waals surface area contributed by atoms with Gasteiger partial charge in [-0.05, 0) is 51.0 Å². The van der Waals surface area contributed by atoms with E-state index in [4.69, 9.17) is 0 Å². The molecule has 0 saturated heterocycles. The molecule has 1 aliphatic rings. The van der Waals surface area contributed by atoms with E-state index >= 15 is 0 Å². The molecule has 1 fully saturated rings. The first kappa shape index (κ1) is 15.4. The van der Waals surface area contributed by atoms with E-state index in [2.05, 4.69) is 6.92 Å². The third-order valence-corrected chi connectivity index (χ3v) is 7.06. The lowest BCUT2D eigenvalue weighted by Crippen LogP contribution is -2.20.